The Morgan fingerprint density at radius 1 is 1.33 bits per heavy atom. The Morgan fingerprint density at radius 2 is 2.00 bits per heavy atom. The Hall–Kier alpha value is -0.610. The van der Waals surface area contributed by atoms with Crippen LogP contribution in [0.2, 0.25) is 0 Å². The van der Waals surface area contributed by atoms with Crippen LogP contribution in [0.5, 0.6) is 0 Å². The Balaban J connectivity index is 3.40. The molecule has 0 saturated heterocycles. The molecule has 70 valence electrons. The number of hydrogen-bond donors (Lipinski definition) is 2. The molecule has 0 aromatic heterocycles. The molecule has 0 aromatic rings. The molecule has 12 heavy (non-hydrogen) atoms. The third kappa shape index (κ3) is 6.12. The molecule has 0 saturated carbocycles. The summed E-state index contributed by atoms with van der Waals surface area (Å²) in [7, 11) is 0. The SMILES string of the molecule is CCNCCC(=O)NC(=O)CCl. The minimum absolute atomic E-state index is 0.174. The van der Waals surface area contributed by atoms with Gasteiger partial charge >= 0.3 is 0 Å². The fraction of sp³-hybridized carbons (Fsp3) is 0.714. The second kappa shape index (κ2) is 7.06. The van der Waals surface area contributed by atoms with Gasteiger partial charge in [-0.1, -0.05) is 6.92 Å². The summed E-state index contributed by atoms with van der Waals surface area (Å²) in [6, 6.07) is 0. The summed E-state index contributed by atoms with van der Waals surface area (Å²) in [4.78, 5) is 21.4. The van der Waals surface area contributed by atoms with Gasteiger partial charge < -0.3 is 5.32 Å². The summed E-state index contributed by atoms with van der Waals surface area (Å²) in [5.74, 6) is -0.910. The zero-order valence-corrected chi connectivity index (χ0v) is 7.78. The Labute approximate surface area is 76.7 Å². The third-order valence-corrected chi connectivity index (χ3v) is 1.42. The molecule has 5 heteroatoms. The predicted octanol–water partition coefficient (Wildman–Crippen LogP) is -0.132. The van der Waals surface area contributed by atoms with Crippen LogP contribution in [0, 0.1) is 0 Å². The minimum Gasteiger partial charge on any atom is -0.316 e. The maximum Gasteiger partial charge on any atom is 0.241 e. The number of hydrogen-bond acceptors (Lipinski definition) is 3. The number of nitrogens with one attached hydrogen (secondary N) is 2. The lowest BCUT2D eigenvalue weighted by Gasteiger charge is -2.01. The lowest BCUT2D eigenvalue weighted by atomic mass is 10.4. The average Bonchev–Trinajstić information content (AvgIpc) is 2.05. The average molecular weight is 193 g/mol. The fourth-order valence-corrected chi connectivity index (χ4v) is 0.697. The summed E-state index contributed by atoms with van der Waals surface area (Å²) in [5.41, 5.74) is 0. The van der Waals surface area contributed by atoms with Crippen LogP contribution < -0.4 is 10.6 Å². The summed E-state index contributed by atoms with van der Waals surface area (Å²) < 4.78 is 0. The van der Waals surface area contributed by atoms with Crippen molar-refractivity contribution in [1.29, 1.82) is 0 Å². The van der Waals surface area contributed by atoms with Crippen molar-refractivity contribution in [2.45, 2.75) is 13.3 Å². The zero-order chi connectivity index (χ0) is 9.40. The second-order valence-corrected chi connectivity index (χ2v) is 2.48. The molecule has 2 amide bonds. The van der Waals surface area contributed by atoms with Crippen LogP contribution in [-0.4, -0.2) is 30.8 Å². The lowest BCUT2D eigenvalue weighted by Crippen LogP contribution is -2.33. The predicted molar refractivity (Wildman–Crippen MR) is 47.0 cm³/mol. The molecule has 0 aliphatic carbocycles. The monoisotopic (exact) mass is 192 g/mol. The van der Waals surface area contributed by atoms with Crippen LogP contribution >= 0.6 is 11.6 Å². The standard InChI is InChI=1S/C7H13ClN2O2/c1-2-9-4-3-6(11)10-7(12)5-8/h9H,2-5H2,1H3,(H,10,11,12). The molecule has 2 N–H and O–H groups in total. The molecule has 0 spiro atoms. The van der Waals surface area contributed by atoms with Gasteiger partial charge in [-0.25, -0.2) is 0 Å². The van der Waals surface area contributed by atoms with E-state index in [1.54, 1.807) is 0 Å². The van der Waals surface area contributed by atoms with Gasteiger partial charge in [-0.05, 0) is 6.54 Å². The molecule has 0 aromatic carbocycles. The number of amides is 2. The number of alkyl halides is 1. The molecular weight excluding hydrogens is 180 g/mol. The first-order valence-corrected chi connectivity index (χ1v) is 4.33. The number of halogens is 1. The molecule has 0 atom stereocenters. The van der Waals surface area contributed by atoms with Gasteiger partial charge in [-0.3, -0.25) is 14.9 Å². The van der Waals surface area contributed by atoms with Crippen LogP contribution in [0.15, 0.2) is 0 Å². The number of rotatable bonds is 5. The quantitative estimate of drug-likeness (QED) is 0.471. The van der Waals surface area contributed by atoms with Crippen molar-refractivity contribution >= 4 is 23.4 Å². The van der Waals surface area contributed by atoms with Gasteiger partial charge in [0.2, 0.25) is 11.8 Å². The largest absolute Gasteiger partial charge is 0.316 e. The molecule has 0 rings (SSSR count). The molecular formula is C7H13ClN2O2. The first kappa shape index (κ1) is 11.4. The van der Waals surface area contributed by atoms with Gasteiger partial charge in [0.05, 0.1) is 0 Å². The van der Waals surface area contributed by atoms with Crippen molar-refractivity contribution in [2.24, 2.45) is 0 Å². The highest BCUT2D eigenvalue weighted by Gasteiger charge is 2.04. The van der Waals surface area contributed by atoms with Crippen molar-refractivity contribution in [1.82, 2.24) is 10.6 Å². The van der Waals surface area contributed by atoms with Gasteiger partial charge in [0.15, 0.2) is 0 Å². The van der Waals surface area contributed by atoms with E-state index in [-0.39, 0.29) is 11.8 Å². The highest BCUT2D eigenvalue weighted by Crippen LogP contribution is 1.79. The summed E-state index contributed by atoms with van der Waals surface area (Å²) in [6.45, 7) is 3.34. The van der Waals surface area contributed by atoms with E-state index in [1.165, 1.54) is 0 Å². The van der Waals surface area contributed by atoms with E-state index < -0.39 is 5.91 Å². The zero-order valence-electron chi connectivity index (χ0n) is 7.02. The van der Waals surface area contributed by atoms with Crippen LogP contribution in [0.25, 0.3) is 0 Å². The molecule has 0 radical (unpaired) electrons. The lowest BCUT2D eigenvalue weighted by molar-refractivity contribution is -0.129. The van der Waals surface area contributed by atoms with Crippen molar-refractivity contribution in [3.05, 3.63) is 0 Å². The van der Waals surface area contributed by atoms with Crippen LogP contribution in [0.3, 0.4) is 0 Å². The van der Waals surface area contributed by atoms with Gasteiger partial charge in [0.1, 0.15) is 5.88 Å². The van der Waals surface area contributed by atoms with Crippen molar-refractivity contribution in [3.63, 3.8) is 0 Å². The van der Waals surface area contributed by atoms with Crippen LogP contribution in [0.4, 0.5) is 0 Å². The molecule has 0 aliphatic heterocycles. The van der Waals surface area contributed by atoms with Gasteiger partial charge in [-0.2, -0.15) is 0 Å². The van der Waals surface area contributed by atoms with E-state index in [2.05, 4.69) is 10.6 Å². The normalized spacial score (nSPS) is 9.50. The number of carbonyl (C=O) groups excluding carboxylic acids is 2. The molecule has 0 aliphatic rings. The van der Waals surface area contributed by atoms with Crippen LogP contribution in [0.1, 0.15) is 13.3 Å². The van der Waals surface area contributed by atoms with Gasteiger partial charge in [0.25, 0.3) is 0 Å². The van der Waals surface area contributed by atoms with E-state index in [0.717, 1.165) is 6.54 Å². The van der Waals surface area contributed by atoms with E-state index in [9.17, 15) is 9.59 Å². The first-order chi connectivity index (χ1) is 5.70. The van der Waals surface area contributed by atoms with Gasteiger partial charge in [-0.15, -0.1) is 11.6 Å². The highest BCUT2D eigenvalue weighted by molar-refractivity contribution is 6.28. The van der Waals surface area contributed by atoms with Crippen molar-refractivity contribution in [2.75, 3.05) is 19.0 Å². The Morgan fingerprint density at radius 3 is 2.50 bits per heavy atom. The van der Waals surface area contributed by atoms with Crippen molar-refractivity contribution in [3.8, 4) is 0 Å². The van der Waals surface area contributed by atoms with E-state index in [4.69, 9.17) is 11.6 Å². The molecule has 0 unspecified atom stereocenters. The first-order valence-electron chi connectivity index (χ1n) is 3.80. The topological polar surface area (TPSA) is 58.2 Å². The third-order valence-electron chi connectivity index (χ3n) is 1.18. The minimum atomic E-state index is -0.446. The molecule has 0 heterocycles. The second-order valence-electron chi connectivity index (χ2n) is 2.21. The summed E-state index contributed by atoms with van der Waals surface area (Å²) in [5, 5.41) is 5.10. The smallest absolute Gasteiger partial charge is 0.241 e. The maximum absolute atomic E-state index is 10.9. The fourth-order valence-electron chi connectivity index (χ4n) is 0.630. The Bertz CT molecular complexity index is 161. The summed E-state index contributed by atoms with van der Waals surface area (Å²) >= 11 is 5.18. The van der Waals surface area contributed by atoms with Crippen molar-refractivity contribution < 1.29 is 9.59 Å². The van der Waals surface area contributed by atoms with E-state index >= 15 is 0 Å². The highest BCUT2D eigenvalue weighted by atomic mass is 35.5. The number of imide groups is 1. The van der Waals surface area contributed by atoms with E-state index in [0.29, 0.717) is 13.0 Å². The summed E-state index contributed by atoms with van der Waals surface area (Å²) in [6.07, 6.45) is 0.302. The molecule has 4 nitrogen and oxygen atoms in total. The Kier molecular flexibility index (Phi) is 6.70. The van der Waals surface area contributed by atoms with Gasteiger partial charge in [0, 0.05) is 13.0 Å². The van der Waals surface area contributed by atoms with Crippen LogP contribution in [-0.2, 0) is 9.59 Å². The molecule has 0 fully saturated rings. The molecule has 0 bridgehead atoms. The maximum atomic E-state index is 10.9. The van der Waals surface area contributed by atoms with E-state index in [1.807, 2.05) is 6.92 Å². The number of carbonyl (C=O) groups is 2.